The van der Waals surface area contributed by atoms with Crippen LogP contribution in [0.4, 0.5) is 4.39 Å². The minimum absolute atomic E-state index is 0.298. The highest BCUT2D eigenvalue weighted by atomic mass is 19.1. The first-order chi connectivity index (χ1) is 12.6. The number of ether oxygens (including phenoxy) is 1. The highest BCUT2D eigenvalue weighted by Gasteiger charge is 2.33. The molecule has 1 unspecified atom stereocenters. The fourth-order valence-corrected chi connectivity index (χ4v) is 3.75. The van der Waals surface area contributed by atoms with Gasteiger partial charge in [0.1, 0.15) is 5.82 Å². The van der Waals surface area contributed by atoms with Crippen molar-refractivity contribution in [2.75, 3.05) is 0 Å². The van der Waals surface area contributed by atoms with E-state index >= 15 is 0 Å². The largest absolute Gasteiger partial charge is 0.409 e. The third-order valence-corrected chi connectivity index (χ3v) is 4.85. The second kappa shape index (κ2) is 6.41. The Morgan fingerprint density at radius 1 is 1.12 bits per heavy atom. The van der Waals surface area contributed by atoms with Crippen LogP contribution < -0.4 is 4.74 Å². The molecule has 0 saturated heterocycles. The van der Waals surface area contributed by atoms with Gasteiger partial charge < -0.3 is 9.30 Å². The highest BCUT2D eigenvalue weighted by Crippen LogP contribution is 2.50. The molecular formula is C21H19FN2O2. The summed E-state index contributed by atoms with van der Waals surface area (Å²) in [4.78, 5) is 15.9. The van der Waals surface area contributed by atoms with Crippen molar-refractivity contribution in [2.45, 2.75) is 32.7 Å². The zero-order valence-electron chi connectivity index (χ0n) is 14.7. The second-order valence-electron chi connectivity index (χ2n) is 6.62. The zero-order valence-corrected chi connectivity index (χ0v) is 14.7. The Morgan fingerprint density at radius 3 is 2.42 bits per heavy atom. The Kier molecular flexibility index (Phi) is 4.07. The van der Waals surface area contributed by atoms with E-state index in [9.17, 15) is 9.18 Å². The normalized spacial score (nSPS) is 15.7. The van der Waals surface area contributed by atoms with Gasteiger partial charge in [-0.2, -0.15) is 0 Å². The Balaban J connectivity index is 2.05. The summed E-state index contributed by atoms with van der Waals surface area (Å²) in [5, 5.41) is 0. The number of carbonyl (C=O) groups excluding carboxylic acids is 1. The fraction of sp³-hybridized carbons (Fsp3) is 0.238. The summed E-state index contributed by atoms with van der Waals surface area (Å²) in [5.74, 6) is 0.208. The summed E-state index contributed by atoms with van der Waals surface area (Å²) < 4.78 is 21.2. The van der Waals surface area contributed by atoms with E-state index < -0.39 is 0 Å². The van der Waals surface area contributed by atoms with Crippen molar-refractivity contribution in [3.63, 3.8) is 0 Å². The molecule has 0 N–H and O–H groups in total. The number of hydrogen-bond donors (Lipinski definition) is 0. The van der Waals surface area contributed by atoms with Crippen LogP contribution in [0.2, 0.25) is 0 Å². The van der Waals surface area contributed by atoms with E-state index in [1.807, 2.05) is 12.1 Å². The molecule has 3 aromatic rings. The fourth-order valence-electron chi connectivity index (χ4n) is 3.75. The van der Waals surface area contributed by atoms with Gasteiger partial charge >= 0.3 is 5.97 Å². The number of benzene rings is 1. The molecule has 1 aliphatic rings. The van der Waals surface area contributed by atoms with E-state index in [-0.39, 0.29) is 11.8 Å². The van der Waals surface area contributed by atoms with Gasteiger partial charge in [0.15, 0.2) is 0 Å². The maximum absolute atomic E-state index is 13.5. The quantitative estimate of drug-likeness (QED) is 0.638. The zero-order chi connectivity index (χ0) is 18.3. The van der Waals surface area contributed by atoms with E-state index in [1.165, 1.54) is 19.1 Å². The van der Waals surface area contributed by atoms with E-state index in [0.717, 1.165) is 40.9 Å². The maximum Gasteiger partial charge on any atom is 0.309 e. The van der Waals surface area contributed by atoms with E-state index in [4.69, 9.17) is 4.74 Å². The van der Waals surface area contributed by atoms with Crippen molar-refractivity contribution in [3.8, 4) is 28.1 Å². The minimum Gasteiger partial charge on any atom is -0.409 e. The molecule has 2 aromatic heterocycles. The topological polar surface area (TPSA) is 44.1 Å². The summed E-state index contributed by atoms with van der Waals surface area (Å²) >= 11 is 0. The molecule has 26 heavy (non-hydrogen) atoms. The number of esters is 1. The van der Waals surface area contributed by atoms with Crippen molar-refractivity contribution < 1.29 is 13.9 Å². The molecule has 1 aromatic carbocycles. The Bertz CT molecular complexity index is 962. The number of pyridine rings is 1. The lowest BCUT2D eigenvalue weighted by Crippen LogP contribution is -2.07. The van der Waals surface area contributed by atoms with Gasteiger partial charge in [-0.25, -0.2) is 4.39 Å². The van der Waals surface area contributed by atoms with Gasteiger partial charge in [-0.15, -0.1) is 0 Å². The SMILES string of the molecule is CC(=O)Oc1c(-c2ccc(F)cc2)c(-c2ccncc2)c2n1CCC2C. The highest BCUT2D eigenvalue weighted by molar-refractivity contribution is 5.91. The van der Waals surface area contributed by atoms with Crippen LogP contribution in [-0.2, 0) is 11.3 Å². The average molecular weight is 350 g/mol. The first-order valence-electron chi connectivity index (χ1n) is 8.67. The molecule has 1 aliphatic heterocycles. The van der Waals surface area contributed by atoms with E-state index in [2.05, 4.69) is 16.5 Å². The number of rotatable bonds is 3. The van der Waals surface area contributed by atoms with Gasteiger partial charge in [0.2, 0.25) is 5.88 Å². The molecule has 1 atom stereocenters. The summed E-state index contributed by atoms with van der Waals surface area (Å²) in [5.41, 5.74) is 4.83. The molecule has 0 spiro atoms. The molecule has 0 radical (unpaired) electrons. The van der Waals surface area contributed by atoms with Crippen molar-refractivity contribution >= 4 is 5.97 Å². The number of halogens is 1. The van der Waals surface area contributed by atoms with Crippen LogP contribution in [0.5, 0.6) is 5.88 Å². The minimum atomic E-state index is -0.366. The molecule has 0 bridgehead atoms. The molecule has 4 nitrogen and oxygen atoms in total. The summed E-state index contributed by atoms with van der Waals surface area (Å²) in [7, 11) is 0. The first kappa shape index (κ1) is 16.5. The van der Waals surface area contributed by atoms with Crippen LogP contribution in [0.25, 0.3) is 22.3 Å². The van der Waals surface area contributed by atoms with Gasteiger partial charge in [-0.05, 0) is 47.7 Å². The standard InChI is InChI=1S/C21H19FN2O2/c1-13-9-12-24-20(13)18(16-7-10-23-11-8-16)19(21(24)26-14(2)25)15-3-5-17(22)6-4-15/h3-8,10-11,13H,9,12H2,1-2H3. The number of aromatic nitrogens is 2. The predicted molar refractivity (Wildman–Crippen MR) is 97.4 cm³/mol. The number of hydrogen-bond acceptors (Lipinski definition) is 3. The Labute approximate surface area is 151 Å². The number of carbonyl (C=O) groups is 1. The van der Waals surface area contributed by atoms with Crippen molar-refractivity contribution in [2.24, 2.45) is 0 Å². The monoisotopic (exact) mass is 350 g/mol. The third kappa shape index (κ3) is 2.69. The lowest BCUT2D eigenvalue weighted by Gasteiger charge is -2.11. The van der Waals surface area contributed by atoms with E-state index in [0.29, 0.717) is 11.8 Å². The average Bonchev–Trinajstić information content (AvgIpc) is 3.15. The van der Waals surface area contributed by atoms with Gasteiger partial charge in [-0.3, -0.25) is 9.78 Å². The molecule has 3 heterocycles. The van der Waals surface area contributed by atoms with Gasteiger partial charge in [0.25, 0.3) is 0 Å². The van der Waals surface area contributed by atoms with Crippen LogP contribution in [0, 0.1) is 5.82 Å². The summed E-state index contributed by atoms with van der Waals surface area (Å²) in [6.45, 7) is 4.37. The van der Waals surface area contributed by atoms with Crippen molar-refractivity contribution in [1.29, 1.82) is 0 Å². The Hall–Kier alpha value is -2.95. The molecular weight excluding hydrogens is 331 g/mol. The molecule has 5 heteroatoms. The molecule has 0 aliphatic carbocycles. The summed E-state index contributed by atoms with van der Waals surface area (Å²) in [6.07, 6.45) is 4.49. The molecule has 4 rings (SSSR count). The van der Waals surface area contributed by atoms with Gasteiger partial charge in [-0.1, -0.05) is 19.1 Å². The van der Waals surface area contributed by atoms with Crippen LogP contribution in [0.1, 0.15) is 31.9 Å². The second-order valence-corrected chi connectivity index (χ2v) is 6.62. The number of fused-ring (bicyclic) bond motifs is 1. The Morgan fingerprint density at radius 2 is 1.77 bits per heavy atom. The summed E-state index contributed by atoms with van der Waals surface area (Å²) in [6, 6.07) is 10.2. The molecule has 0 saturated carbocycles. The third-order valence-electron chi connectivity index (χ3n) is 4.85. The lowest BCUT2D eigenvalue weighted by molar-refractivity contribution is -0.132. The van der Waals surface area contributed by atoms with Gasteiger partial charge in [0.05, 0.1) is 5.56 Å². The number of nitrogens with zero attached hydrogens (tertiary/aromatic N) is 2. The lowest BCUT2D eigenvalue weighted by atomic mass is 9.92. The van der Waals surface area contributed by atoms with Crippen LogP contribution in [-0.4, -0.2) is 15.5 Å². The predicted octanol–water partition coefficient (Wildman–Crippen LogP) is 4.79. The van der Waals surface area contributed by atoms with E-state index in [1.54, 1.807) is 24.5 Å². The molecule has 0 amide bonds. The smallest absolute Gasteiger partial charge is 0.309 e. The van der Waals surface area contributed by atoms with Crippen molar-refractivity contribution in [3.05, 3.63) is 60.3 Å². The van der Waals surface area contributed by atoms with Gasteiger partial charge in [0, 0.05) is 37.1 Å². The van der Waals surface area contributed by atoms with Crippen molar-refractivity contribution in [1.82, 2.24) is 9.55 Å². The van der Waals surface area contributed by atoms with Crippen LogP contribution in [0.3, 0.4) is 0 Å². The van der Waals surface area contributed by atoms with Crippen LogP contribution in [0.15, 0.2) is 48.8 Å². The molecule has 0 fully saturated rings. The van der Waals surface area contributed by atoms with Crippen LogP contribution >= 0.6 is 0 Å². The molecule has 132 valence electrons. The maximum atomic E-state index is 13.5. The first-order valence-corrected chi connectivity index (χ1v) is 8.67.